The van der Waals surface area contributed by atoms with Crippen molar-refractivity contribution in [3.05, 3.63) is 40.4 Å². The monoisotopic (exact) mass is 422 g/mol. The van der Waals surface area contributed by atoms with Gasteiger partial charge in [-0.25, -0.2) is 4.98 Å². The van der Waals surface area contributed by atoms with Crippen LogP contribution in [0.5, 0.6) is 0 Å². The standard InChI is InChI=1S/C20H30N4O4S/c1-15-13-17(22-6-8-27-10-12-28-11-9-26-7-5-21)3-4-18(15)19(25)24-20-23-14-16(2)29-20/h3-4,13-14,22H,5-12,21H2,1-2H3,(H,23,24,25). The lowest BCUT2D eigenvalue weighted by molar-refractivity contribution is 0.0179. The van der Waals surface area contributed by atoms with Crippen LogP contribution in [-0.4, -0.2) is 63.6 Å². The van der Waals surface area contributed by atoms with Gasteiger partial charge in [0.05, 0.1) is 39.6 Å². The van der Waals surface area contributed by atoms with Crippen LogP contribution >= 0.6 is 11.3 Å². The van der Waals surface area contributed by atoms with Gasteiger partial charge in [-0.3, -0.25) is 10.1 Å². The SMILES string of the molecule is Cc1cnc(NC(=O)c2ccc(NCCOCCOCCOCCN)cc2C)s1. The first-order valence-corrected chi connectivity index (χ1v) is 10.4. The molecule has 1 amide bonds. The summed E-state index contributed by atoms with van der Waals surface area (Å²) in [6.07, 6.45) is 1.74. The van der Waals surface area contributed by atoms with E-state index in [0.717, 1.165) is 16.1 Å². The zero-order chi connectivity index (χ0) is 20.9. The second-order valence-corrected chi connectivity index (χ2v) is 7.55. The largest absolute Gasteiger partial charge is 0.383 e. The molecule has 29 heavy (non-hydrogen) atoms. The maximum atomic E-state index is 12.4. The number of carbonyl (C=O) groups excluding carboxylic acids is 1. The van der Waals surface area contributed by atoms with Crippen molar-refractivity contribution in [2.75, 3.05) is 63.4 Å². The van der Waals surface area contributed by atoms with Gasteiger partial charge in [0.2, 0.25) is 0 Å². The molecule has 0 atom stereocenters. The summed E-state index contributed by atoms with van der Waals surface area (Å²) in [6, 6.07) is 5.65. The first kappa shape index (κ1) is 23.2. The number of aryl methyl sites for hydroxylation is 2. The fraction of sp³-hybridized carbons (Fsp3) is 0.500. The maximum Gasteiger partial charge on any atom is 0.257 e. The minimum atomic E-state index is -0.153. The Bertz CT molecular complexity index is 754. The highest BCUT2D eigenvalue weighted by molar-refractivity contribution is 7.15. The van der Waals surface area contributed by atoms with Gasteiger partial charge in [0.25, 0.3) is 5.91 Å². The van der Waals surface area contributed by atoms with Crippen molar-refractivity contribution in [2.24, 2.45) is 5.73 Å². The number of benzene rings is 1. The van der Waals surface area contributed by atoms with Gasteiger partial charge in [-0.2, -0.15) is 0 Å². The summed E-state index contributed by atoms with van der Waals surface area (Å²) in [6.45, 7) is 8.35. The predicted molar refractivity (Wildman–Crippen MR) is 116 cm³/mol. The van der Waals surface area contributed by atoms with Crippen LogP contribution in [-0.2, 0) is 14.2 Å². The number of rotatable bonds is 14. The number of thiazole rings is 1. The van der Waals surface area contributed by atoms with E-state index >= 15 is 0 Å². The fourth-order valence-corrected chi connectivity index (χ4v) is 3.16. The minimum Gasteiger partial charge on any atom is -0.383 e. The summed E-state index contributed by atoms with van der Waals surface area (Å²) < 4.78 is 16.1. The van der Waals surface area contributed by atoms with Gasteiger partial charge in [-0.05, 0) is 37.6 Å². The summed E-state index contributed by atoms with van der Waals surface area (Å²) in [7, 11) is 0. The molecule has 0 aliphatic carbocycles. The van der Waals surface area contributed by atoms with E-state index in [1.807, 2.05) is 32.0 Å². The third kappa shape index (κ3) is 8.88. The van der Waals surface area contributed by atoms with Gasteiger partial charge >= 0.3 is 0 Å². The Kier molecular flexibility index (Phi) is 10.6. The van der Waals surface area contributed by atoms with Crippen LogP contribution in [0.2, 0.25) is 0 Å². The smallest absolute Gasteiger partial charge is 0.257 e. The van der Waals surface area contributed by atoms with E-state index in [2.05, 4.69) is 15.6 Å². The van der Waals surface area contributed by atoms with Crippen molar-refractivity contribution in [1.82, 2.24) is 4.98 Å². The molecule has 1 aromatic carbocycles. The zero-order valence-electron chi connectivity index (χ0n) is 17.0. The number of hydrogen-bond acceptors (Lipinski definition) is 8. The third-order valence-corrected chi connectivity index (χ3v) is 4.72. The van der Waals surface area contributed by atoms with E-state index in [0.29, 0.717) is 63.4 Å². The second kappa shape index (κ2) is 13.2. The number of amides is 1. The summed E-state index contributed by atoms with van der Waals surface area (Å²) in [5.41, 5.74) is 7.80. The first-order chi connectivity index (χ1) is 14.1. The van der Waals surface area contributed by atoms with Crippen LogP contribution in [0, 0.1) is 13.8 Å². The molecule has 0 aliphatic rings. The Hall–Kier alpha value is -2.04. The van der Waals surface area contributed by atoms with Crippen LogP contribution in [0.25, 0.3) is 0 Å². The zero-order valence-corrected chi connectivity index (χ0v) is 17.8. The first-order valence-electron chi connectivity index (χ1n) is 9.61. The summed E-state index contributed by atoms with van der Waals surface area (Å²) in [5.74, 6) is -0.153. The normalized spacial score (nSPS) is 10.9. The third-order valence-electron chi connectivity index (χ3n) is 3.89. The molecule has 9 heteroatoms. The lowest BCUT2D eigenvalue weighted by Gasteiger charge is -2.11. The molecule has 0 spiro atoms. The van der Waals surface area contributed by atoms with E-state index in [4.69, 9.17) is 19.9 Å². The van der Waals surface area contributed by atoms with Gasteiger partial charge in [-0.1, -0.05) is 0 Å². The summed E-state index contributed by atoms with van der Waals surface area (Å²) in [5, 5.41) is 6.73. The molecule has 2 aromatic rings. The number of nitrogens with one attached hydrogen (secondary N) is 2. The maximum absolute atomic E-state index is 12.4. The molecular weight excluding hydrogens is 392 g/mol. The molecule has 4 N–H and O–H groups in total. The summed E-state index contributed by atoms with van der Waals surface area (Å²) in [4.78, 5) is 17.6. The molecule has 0 aliphatic heterocycles. The average Bonchev–Trinajstić information content (AvgIpc) is 3.10. The van der Waals surface area contributed by atoms with Gasteiger partial charge in [0, 0.05) is 35.4 Å². The molecule has 8 nitrogen and oxygen atoms in total. The number of anilines is 2. The Labute approximate surface area is 175 Å². The van der Waals surface area contributed by atoms with Crippen LogP contribution in [0.15, 0.2) is 24.4 Å². The highest BCUT2D eigenvalue weighted by Crippen LogP contribution is 2.20. The molecule has 160 valence electrons. The fourth-order valence-electron chi connectivity index (χ4n) is 2.50. The van der Waals surface area contributed by atoms with Gasteiger partial charge in [-0.15, -0.1) is 11.3 Å². The van der Waals surface area contributed by atoms with Crippen molar-refractivity contribution in [3.63, 3.8) is 0 Å². The Balaban J connectivity index is 1.62. The van der Waals surface area contributed by atoms with Crippen LogP contribution in [0.4, 0.5) is 10.8 Å². The summed E-state index contributed by atoms with van der Waals surface area (Å²) >= 11 is 1.46. The van der Waals surface area contributed by atoms with E-state index < -0.39 is 0 Å². The van der Waals surface area contributed by atoms with Gasteiger partial charge < -0.3 is 25.3 Å². The van der Waals surface area contributed by atoms with Crippen molar-refractivity contribution in [2.45, 2.75) is 13.8 Å². The lowest BCUT2D eigenvalue weighted by Crippen LogP contribution is -2.16. The molecule has 0 radical (unpaired) electrons. The molecule has 0 bridgehead atoms. The van der Waals surface area contributed by atoms with Crippen molar-refractivity contribution >= 4 is 28.1 Å². The van der Waals surface area contributed by atoms with E-state index in [9.17, 15) is 4.79 Å². The average molecular weight is 423 g/mol. The number of nitrogens with two attached hydrogens (primary N) is 1. The Morgan fingerprint density at radius 2 is 1.76 bits per heavy atom. The predicted octanol–water partition coefficient (Wildman–Crippen LogP) is 2.43. The topological polar surface area (TPSA) is 108 Å². The van der Waals surface area contributed by atoms with Crippen molar-refractivity contribution in [3.8, 4) is 0 Å². The molecule has 0 saturated heterocycles. The number of aromatic nitrogens is 1. The highest BCUT2D eigenvalue weighted by atomic mass is 32.1. The molecule has 1 heterocycles. The highest BCUT2D eigenvalue weighted by Gasteiger charge is 2.11. The molecule has 0 unspecified atom stereocenters. The van der Waals surface area contributed by atoms with Crippen LogP contribution < -0.4 is 16.4 Å². The Morgan fingerprint density at radius 3 is 2.38 bits per heavy atom. The van der Waals surface area contributed by atoms with Gasteiger partial charge in [0.1, 0.15) is 0 Å². The van der Waals surface area contributed by atoms with Crippen molar-refractivity contribution < 1.29 is 19.0 Å². The van der Waals surface area contributed by atoms with E-state index in [1.54, 1.807) is 6.20 Å². The van der Waals surface area contributed by atoms with Crippen LogP contribution in [0.3, 0.4) is 0 Å². The molecule has 0 saturated carbocycles. The number of hydrogen-bond donors (Lipinski definition) is 3. The number of ether oxygens (including phenoxy) is 3. The quantitative estimate of drug-likeness (QED) is 0.401. The second-order valence-electron chi connectivity index (χ2n) is 6.31. The molecule has 1 aromatic heterocycles. The van der Waals surface area contributed by atoms with Crippen molar-refractivity contribution in [1.29, 1.82) is 0 Å². The Morgan fingerprint density at radius 1 is 1.07 bits per heavy atom. The molecule has 0 fully saturated rings. The number of carbonyl (C=O) groups is 1. The van der Waals surface area contributed by atoms with E-state index in [1.165, 1.54) is 11.3 Å². The molecule has 2 rings (SSSR count). The van der Waals surface area contributed by atoms with Crippen LogP contribution in [0.1, 0.15) is 20.8 Å². The van der Waals surface area contributed by atoms with E-state index in [-0.39, 0.29) is 5.91 Å². The van der Waals surface area contributed by atoms with Gasteiger partial charge in [0.15, 0.2) is 5.13 Å². The molecular formula is C20H30N4O4S. The minimum absolute atomic E-state index is 0.153. The number of nitrogens with zero attached hydrogens (tertiary/aromatic N) is 1. The lowest BCUT2D eigenvalue weighted by atomic mass is 10.1.